The molecule has 1 heterocycles. The van der Waals surface area contributed by atoms with Crippen LogP contribution in [0.25, 0.3) is 0 Å². The molecule has 0 aliphatic heterocycles. The third-order valence-corrected chi connectivity index (χ3v) is 3.98. The maximum Gasteiger partial charge on any atom is 0.119 e. The molecular weight excluding hydrogens is 254 g/mol. The van der Waals surface area contributed by atoms with Crippen LogP contribution in [0, 0.1) is 0 Å². The quantitative estimate of drug-likeness (QED) is 0.738. The highest BCUT2D eigenvalue weighted by atomic mass is 32.1. The van der Waals surface area contributed by atoms with Gasteiger partial charge in [0.1, 0.15) is 5.75 Å². The molecule has 0 fully saturated rings. The van der Waals surface area contributed by atoms with Crippen LogP contribution in [0.2, 0.25) is 0 Å². The molecule has 1 aromatic heterocycles. The van der Waals surface area contributed by atoms with Gasteiger partial charge in [0.05, 0.1) is 6.61 Å². The van der Waals surface area contributed by atoms with Crippen LogP contribution in [0.3, 0.4) is 0 Å². The second-order valence-electron chi connectivity index (χ2n) is 4.41. The van der Waals surface area contributed by atoms with Crippen LogP contribution in [-0.4, -0.2) is 13.2 Å². The van der Waals surface area contributed by atoms with E-state index in [-0.39, 0.29) is 0 Å². The summed E-state index contributed by atoms with van der Waals surface area (Å²) < 4.78 is 5.65. The van der Waals surface area contributed by atoms with Crippen molar-refractivity contribution in [3.8, 4) is 5.75 Å². The first-order chi connectivity index (χ1) is 9.40. The van der Waals surface area contributed by atoms with Crippen molar-refractivity contribution in [2.45, 2.75) is 26.3 Å². The Balaban J connectivity index is 1.58. The van der Waals surface area contributed by atoms with Crippen LogP contribution in [-0.2, 0) is 13.0 Å². The molecule has 102 valence electrons. The number of thiophene rings is 1. The molecule has 0 atom stereocenters. The van der Waals surface area contributed by atoms with Crippen LogP contribution in [0.15, 0.2) is 41.8 Å². The van der Waals surface area contributed by atoms with Gasteiger partial charge in [0.25, 0.3) is 0 Å². The number of hydrogen-bond donors (Lipinski definition) is 1. The predicted octanol–water partition coefficient (Wildman–Crippen LogP) is 3.87. The van der Waals surface area contributed by atoms with E-state index in [1.165, 1.54) is 10.4 Å². The van der Waals surface area contributed by atoms with Crippen molar-refractivity contribution < 1.29 is 4.74 Å². The molecule has 0 spiro atoms. The highest BCUT2D eigenvalue weighted by Crippen LogP contribution is 2.16. The molecule has 0 radical (unpaired) electrons. The molecule has 3 heteroatoms. The smallest absolute Gasteiger partial charge is 0.119 e. The van der Waals surface area contributed by atoms with Crippen LogP contribution < -0.4 is 10.1 Å². The first kappa shape index (κ1) is 14.1. The molecule has 0 saturated carbocycles. The number of aryl methyl sites for hydroxylation is 1. The molecule has 0 saturated heterocycles. The van der Waals surface area contributed by atoms with Crippen molar-refractivity contribution in [3.05, 3.63) is 52.2 Å². The fourth-order valence-electron chi connectivity index (χ4n) is 1.94. The van der Waals surface area contributed by atoms with Gasteiger partial charge in [-0.25, -0.2) is 0 Å². The standard InChI is InChI=1S/C16H21NOS/c1-2-14-9-12-19-16(14)13-17-10-6-11-18-15-7-4-3-5-8-15/h3-5,7-9,12,17H,2,6,10-11,13H2,1H3. The van der Waals surface area contributed by atoms with Gasteiger partial charge in [-0.3, -0.25) is 0 Å². The molecule has 0 amide bonds. The third kappa shape index (κ3) is 4.69. The van der Waals surface area contributed by atoms with Crippen molar-refractivity contribution in [1.29, 1.82) is 0 Å². The lowest BCUT2D eigenvalue weighted by atomic mass is 10.2. The Labute approximate surface area is 119 Å². The van der Waals surface area contributed by atoms with E-state index in [0.717, 1.165) is 38.3 Å². The van der Waals surface area contributed by atoms with Crippen molar-refractivity contribution in [1.82, 2.24) is 5.32 Å². The average molecular weight is 275 g/mol. The zero-order valence-electron chi connectivity index (χ0n) is 11.4. The summed E-state index contributed by atoms with van der Waals surface area (Å²) in [5.74, 6) is 0.953. The van der Waals surface area contributed by atoms with Crippen molar-refractivity contribution in [2.75, 3.05) is 13.2 Å². The van der Waals surface area contributed by atoms with Gasteiger partial charge in [0.2, 0.25) is 0 Å². The van der Waals surface area contributed by atoms with Crippen molar-refractivity contribution in [3.63, 3.8) is 0 Å². The molecule has 0 aliphatic carbocycles. The maximum atomic E-state index is 5.65. The van der Waals surface area contributed by atoms with Crippen LogP contribution in [0.1, 0.15) is 23.8 Å². The summed E-state index contributed by atoms with van der Waals surface area (Å²) in [5, 5.41) is 5.65. The number of nitrogens with one attached hydrogen (secondary N) is 1. The van der Waals surface area contributed by atoms with Crippen LogP contribution in [0.5, 0.6) is 5.75 Å². The first-order valence-corrected chi connectivity index (χ1v) is 7.72. The lowest BCUT2D eigenvalue weighted by Crippen LogP contribution is -2.17. The number of rotatable bonds is 8. The summed E-state index contributed by atoms with van der Waals surface area (Å²) in [5.41, 5.74) is 1.47. The molecular formula is C16H21NOS. The van der Waals surface area contributed by atoms with Gasteiger partial charge < -0.3 is 10.1 Å². The van der Waals surface area contributed by atoms with Gasteiger partial charge in [0.15, 0.2) is 0 Å². The number of para-hydroxylation sites is 1. The summed E-state index contributed by atoms with van der Waals surface area (Å²) in [6.45, 7) is 4.95. The lowest BCUT2D eigenvalue weighted by Gasteiger charge is -2.07. The Morgan fingerprint density at radius 1 is 1.16 bits per heavy atom. The molecule has 1 N–H and O–H groups in total. The molecule has 2 rings (SSSR count). The predicted molar refractivity (Wildman–Crippen MR) is 82.0 cm³/mol. The van der Waals surface area contributed by atoms with E-state index in [1.807, 2.05) is 41.7 Å². The fourth-order valence-corrected chi connectivity index (χ4v) is 2.89. The van der Waals surface area contributed by atoms with E-state index in [4.69, 9.17) is 4.74 Å². The molecule has 19 heavy (non-hydrogen) atoms. The monoisotopic (exact) mass is 275 g/mol. The Hall–Kier alpha value is -1.32. The Morgan fingerprint density at radius 3 is 2.79 bits per heavy atom. The van der Waals surface area contributed by atoms with Gasteiger partial charge in [-0.15, -0.1) is 11.3 Å². The Kier molecular flexibility index (Phi) is 5.92. The molecule has 0 unspecified atom stereocenters. The molecule has 0 aliphatic rings. The topological polar surface area (TPSA) is 21.3 Å². The van der Waals surface area contributed by atoms with E-state index >= 15 is 0 Å². The number of benzene rings is 1. The average Bonchev–Trinajstić information content (AvgIpc) is 2.91. The molecule has 0 bridgehead atoms. The van der Waals surface area contributed by atoms with Gasteiger partial charge in [-0.2, -0.15) is 0 Å². The van der Waals surface area contributed by atoms with Gasteiger partial charge >= 0.3 is 0 Å². The highest BCUT2D eigenvalue weighted by molar-refractivity contribution is 7.10. The summed E-state index contributed by atoms with van der Waals surface area (Å²) in [6.07, 6.45) is 2.15. The Bertz CT molecular complexity index is 467. The van der Waals surface area contributed by atoms with E-state index in [2.05, 4.69) is 23.7 Å². The summed E-state index contributed by atoms with van der Waals surface area (Å²) >= 11 is 1.84. The van der Waals surface area contributed by atoms with E-state index in [0.29, 0.717) is 0 Å². The van der Waals surface area contributed by atoms with Gasteiger partial charge in [-0.1, -0.05) is 25.1 Å². The van der Waals surface area contributed by atoms with Crippen molar-refractivity contribution in [2.24, 2.45) is 0 Å². The first-order valence-electron chi connectivity index (χ1n) is 6.84. The van der Waals surface area contributed by atoms with E-state index < -0.39 is 0 Å². The highest BCUT2D eigenvalue weighted by Gasteiger charge is 2.01. The largest absolute Gasteiger partial charge is 0.494 e. The fraction of sp³-hybridized carbons (Fsp3) is 0.375. The van der Waals surface area contributed by atoms with Crippen LogP contribution in [0.4, 0.5) is 0 Å². The molecule has 2 nitrogen and oxygen atoms in total. The third-order valence-electron chi connectivity index (χ3n) is 3.01. The van der Waals surface area contributed by atoms with E-state index in [1.54, 1.807) is 0 Å². The minimum Gasteiger partial charge on any atom is -0.494 e. The summed E-state index contributed by atoms with van der Waals surface area (Å²) in [7, 11) is 0. The summed E-state index contributed by atoms with van der Waals surface area (Å²) in [6, 6.07) is 12.2. The summed E-state index contributed by atoms with van der Waals surface area (Å²) in [4.78, 5) is 1.46. The van der Waals surface area contributed by atoms with Gasteiger partial charge in [0, 0.05) is 11.4 Å². The number of ether oxygens (including phenoxy) is 1. The second-order valence-corrected chi connectivity index (χ2v) is 5.42. The SMILES string of the molecule is CCc1ccsc1CNCCCOc1ccccc1. The second kappa shape index (κ2) is 7.97. The number of hydrogen-bond acceptors (Lipinski definition) is 3. The normalized spacial score (nSPS) is 10.6. The Morgan fingerprint density at radius 2 is 2.00 bits per heavy atom. The minimum absolute atomic E-state index is 0.766. The zero-order chi connectivity index (χ0) is 13.3. The van der Waals surface area contributed by atoms with E-state index in [9.17, 15) is 0 Å². The van der Waals surface area contributed by atoms with Gasteiger partial charge in [-0.05, 0) is 48.5 Å². The zero-order valence-corrected chi connectivity index (χ0v) is 12.2. The van der Waals surface area contributed by atoms with Crippen LogP contribution >= 0.6 is 11.3 Å². The molecule has 1 aromatic carbocycles. The molecule has 2 aromatic rings. The maximum absolute atomic E-state index is 5.65. The lowest BCUT2D eigenvalue weighted by molar-refractivity contribution is 0.308. The minimum atomic E-state index is 0.766. The van der Waals surface area contributed by atoms with Crippen molar-refractivity contribution >= 4 is 11.3 Å².